The zero-order valence-electron chi connectivity index (χ0n) is 15.8. The van der Waals surface area contributed by atoms with Gasteiger partial charge in [-0.25, -0.2) is 22.3 Å². The molecule has 2 N–H and O–H groups in total. The van der Waals surface area contributed by atoms with Crippen LogP contribution in [0.4, 0.5) is 9.18 Å². The largest absolute Gasteiger partial charge is 0.333 e. The van der Waals surface area contributed by atoms with Gasteiger partial charge in [-0.2, -0.15) is 0 Å². The molecule has 1 aliphatic heterocycles. The molecule has 0 bridgehead atoms. The fourth-order valence-corrected chi connectivity index (χ4v) is 4.04. The first kappa shape index (κ1) is 20.6. The van der Waals surface area contributed by atoms with Crippen molar-refractivity contribution in [3.63, 3.8) is 0 Å². The van der Waals surface area contributed by atoms with Crippen molar-refractivity contribution in [2.24, 2.45) is 5.92 Å². The summed E-state index contributed by atoms with van der Waals surface area (Å²) in [5.74, 6) is -0.255. The van der Waals surface area contributed by atoms with Crippen molar-refractivity contribution in [2.75, 3.05) is 19.6 Å². The fourth-order valence-electron chi connectivity index (χ4n) is 2.84. The van der Waals surface area contributed by atoms with E-state index in [1.807, 2.05) is 20.8 Å². The molecule has 0 unspecified atom stereocenters. The molecule has 0 atom stereocenters. The molecule has 1 aromatic rings. The van der Waals surface area contributed by atoms with Crippen LogP contribution in [0.3, 0.4) is 0 Å². The Kier molecular flexibility index (Phi) is 6.29. The highest BCUT2D eigenvalue weighted by Gasteiger charge is 2.26. The van der Waals surface area contributed by atoms with Gasteiger partial charge in [-0.3, -0.25) is 0 Å². The highest BCUT2D eigenvalue weighted by atomic mass is 32.2. The maximum Gasteiger partial charge on any atom is 0.317 e. The van der Waals surface area contributed by atoms with Gasteiger partial charge in [0.2, 0.25) is 10.0 Å². The Morgan fingerprint density at radius 2 is 1.88 bits per heavy atom. The molecule has 2 amide bonds. The summed E-state index contributed by atoms with van der Waals surface area (Å²) in [6, 6.07) is 3.68. The van der Waals surface area contributed by atoms with Crippen LogP contribution in [0.1, 0.15) is 39.2 Å². The first-order valence-electron chi connectivity index (χ1n) is 8.81. The molecule has 146 valence electrons. The molecule has 0 saturated carbocycles. The van der Waals surface area contributed by atoms with Gasteiger partial charge in [-0.1, -0.05) is 0 Å². The van der Waals surface area contributed by atoms with E-state index < -0.39 is 15.8 Å². The standard InChI is InChI=1S/C18H28FN3O3S/c1-13-11-15(5-6-16(13)19)26(24,25)20-12-14-7-9-22(10-8-14)17(23)21-18(2,3)4/h5-6,11,14,20H,7-10,12H2,1-4H3,(H,21,23). The fraction of sp³-hybridized carbons (Fsp3) is 0.611. The maximum atomic E-state index is 13.3. The van der Waals surface area contributed by atoms with Crippen molar-refractivity contribution in [2.45, 2.75) is 51.0 Å². The minimum Gasteiger partial charge on any atom is -0.333 e. The molecule has 6 nitrogen and oxygen atoms in total. The Balaban J connectivity index is 1.86. The number of benzene rings is 1. The number of aryl methyl sites for hydroxylation is 1. The Morgan fingerprint density at radius 1 is 1.27 bits per heavy atom. The van der Waals surface area contributed by atoms with Gasteiger partial charge >= 0.3 is 6.03 Å². The number of likely N-dealkylation sites (tertiary alicyclic amines) is 1. The van der Waals surface area contributed by atoms with E-state index in [1.165, 1.54) is 19.1 Å². The Morgan fingerprint density at radius 3 is 2.42 bits per heavy atom. The van der Waals surface area contributed by atoms with Crippen LogP contribution in [0.5, 0.6) is 0 Å². The molecule has 2 rings (SSSR count). The van der Waals surface area contributed by atoms with E-state index in [1.54, 1.807) is 4.90 Å². The molecule has 1 fully saturated rings. The molecule has 1 saturated heterocycles. The van der Waals surface area contributed by atoms with Crippen LogP contribution in [0.2, 0.25) is 0 Å². The van der Waals surface area contributed by atoms with Gasteiger partial charge in [-0.05, 0) is 70.2 Å². The zero-order valence-corrected chi connectivity index (χ0v) is 16.6. The summed E-state index contributed by atoms with van der Waals surface area (Å²) >= 11 is 0. The van der Waals surface area contributed by atoms with Crippen LogP contribution in [0.25, 0.3) is 0 Å². The van der Waals surface area contributed by atoms with Crippen molar-refractivity contribution >= 4 is 16.1 Å². The normalized spacial score (nSPS) is 16.6. The number of piperidine rings is 1. The number of rotatable bonds is 4. The lowest BCUT2D eigenvalue weighted by molar-refractivity contribution is 0.163. The van der Waals surface area contributed by atoms with Crippen molar-refractivity contribution in [3.05, 3.63) is 29.6 Å². The topological polar surface area (TPSA) is 78.5 Å². The van der Waals surface area contributed by atoms with Gasteiger partial charge in [-0.15, -0.1) is 0 Å². The molecule has 1 heterocycles. The first-order valence-corrected chi connectivity index (χ1v) is 10.3. The van der Waals surface area contributed by atoms with E-state index in [4.69, 9.17) is 0 Å². The quantitative estimate of drug-likeness (QED) is 0.836. The number of nitrogens with zero attached hydrogens (tertiary/aromatic N) is 1. The van der Waals surface area contributed by atoms with E-state index in [2.05, 4.69) is 10.0 Å². The summed E-state index contributed by atoms with van der Waals surface area (Å²) in [5.41, 5.74) is 0.0164. The monoisotopic (exact) mass is 385 g/mol. The van der Waals surface area contributed by atoms with E-state index in [9.17, 15) is 17.6 Å². The number of urea groups is 1. The average Bonchev–Trinajstić information content (AvgIpc) is 2.54. The highest BCUT2D eigenvalue weighted by Crippen LogP contribution is 2.19. The van der Waals surface area contributed by atoms with E-state index >= 15 is 0 Å². The number of carbonyl (C=O) groups is 1. The molecule has 1 aliphatic rings. The Hall–Kier alpha value is -1.67. The van der Waals surface area contributed by atoms with Gasteiger partial charge < -0.3 is 10.2 Å². The number of halogens is 1. The van der Waals surface area contributed by atoms with Crippen LogP contribution < -0.4 is 10.0 Å². The molecule has 1 aromatic carbocycles. The number of carbonyl (C=O) groups excluding carboxylic acids is 1. The average molecular weight is 386 g/mol. The molecule has 0 spiro atoms. The van der Waals surface area contributed by atoms with Crippen molar-refractivity contribution in [1.82, 2.24) is 14.9 Å². The molecule has 26 heavy (non-hydrogen) atoms. The van der Waals surface area contributed by atoms with Crippen LogP contribution in [-0.2, 0) is 10.0 Å². The van der Waals surface area contributed by atoms with Gasteiger partial charge in [0, 0.05) is 25.2 Å². The maximum absolute atomic E-state index is 13.3. The first-order chi connectivity index (χ1) is 12.0. The molecule has 0 radical (unpaired) electrons. The van der Waals surface area contributed by atoms with Gasteiger partial charge in [0.15, 0.2) is 0 Å². The Labute approximate surface area is 155 Å². The molecule has 0 aliphatic carbocycles. The van der Waals surface area contributed by atoms with Crippen LogP contribution in [0, 0.1) is 18.7 Å². The lowest BCUT2D eigenvalue weighted by atomic mass is 9.97. The number of amides is 2. The Bertz CT molecular complexity index is 751. The summed E-state index contributed by atoms with van der Waals surface area (Å²) < 4.78 is 40.6. The van der Waals surface area contributed by atoms with Crippen LogP contribution in [0.15, 0.2) is 23.1 Å². The summed E-state index contributed by atoms with van der Waals surface area (Å²) in [7, 11) is -3.66. The molecule has 8 heteroatoms. The predicted molar refractivity (Wildman–Crippen MR) is 98.9 cm³/mol. The third-order valence-electron chi connectivity index (χ3n) is 4.39. The third kappa shape index (κ3) is 5.67. The number of sulfonamides is 1. The van der Waals surface area contributed by atoms with Crippen LogP contribution >= 0.6 is 0 Å². The minimum atomic E-state index is -3.66. The summed E-state index contributed by atoms with van der Waals surface area (Å²) in [6.45, 7) is 8.85. The highest BCUT2D eigenvalue weighted by molar-refractivity contribution is 7.89. The third-order valence-corrected chi connectivity index (χ3v) is 5.81. The lowest BCUT2D eigenvalue weighted by Gasteiger charge is -2.34. The molecular weight excluding hydrogens is 357 g/mol. The van der Waals surface area contributed by atoms with Gasteiger partial charge in [0.05, 0.1) is 4.90 Å². The number of hydrogen-bond acceptors (Lipinski definition) is 3. The predicted octanol–water partition coefficient (Wildman–Crippen LogP) is 2.63. The zero-order chi connectivity index (χ0) is 19.5. The van der Waals surface area contributed by atoms with Gasteiger partial charge in [0.1, 0.15) is 5.82 Å². The van der Waals surface area contributed by atoms with Gasteiger partial charge in [0.25, 0.3) is 0 Å². The molecular formula is C18H28FN3O3S. The van der Waals surface area contributed by atoms with Crippen molar-refractivity contribution < 1.29 is 17.6 Å². The van der Waals surface area contributed by atoms with Crippen molar-refractivity contribution in [1.29, 1.82) is 0 Å². The van der Waals surface area contributed by atoms with Crippen molar-refractivity contribution in [3.8, 4) is 0 Å². The second-order valence-corrected chi connectivity index (χ2v) is 9.64. The SMILES string of the molecule is Cc1cc(S(=O)(=O)NCC2CCN(C(=O)NC(C)(C)C)CC2)ccc1F. The van der Waals surface area contributed by atoms with Crippen LogP contribution in [-0.4, -0.2) is 44.5 Å². The smallest absolute Gasteiger partial charge is 0.317 e. The number of nitrogens with one attached hydrogen (secondary N) is 2. The number of hydrogen-bond donors (Lipinski definition) is 2. The van der Waals surface area contributed by atoms with E-state index in [0.717, 1.165) is 18.9 Å². The summed E-state index contributed by atoms with van der Waals surface area (Å²) in [6.07, 6.45) is 1.48. The summed E-state index contributed by atoms with van der Waals surface area (Å²) in [4.78, 5) is 14.0. The second-order valence-electron chi connectivity index (χ2n) is 7.87. The molecule has 0 aromatic heterocycles. The van der Waals surface area contributed by atoms with E-state index in [-0.39, 0.29) is 22.4 Å². The van der Waals surface area contributed by atoms with E-state index in [0.29, 0.717) is 25.2 Å². The summed E-state index contributed by atoms with van der Waals surface area (Å²) in [5, 5.41) is 2.94. The lowest BCUT2D eigenvalue weighted by Crippen LogP contribution is -2.51. The minimum absolute atomic E-state index is 0.0680. The second kappa shape index (κ2) is 7.92.